The lowest BCUT2D eigenvalue weighted by Crippen LogP contribution is -2.48. The Bertz CT molecular complexity index is 430. The van der Waals surface area contributed by atoms with Gasteiger partial charge in [-0.3, -0.25) is 4.98 Å². The second kappa shape index (κ2) is 6.10. The van der Waals surface area contributed by atoms with Gasteiger partial charge in [0.2, 0.25) is 0 Å². The number of ether oxygens (including phenoxy) is 1. The Hall–Kier alpha value is -1.13. The Kier molecular flexibility index (Phi) is 4.22. The molecule has 3 unspecified atom stereocenters. The van der Waals surface area contributed by atoms with Crippen LogP contribution in [0.15, 0.2) is 18.3 Å². The number of rotatable bonds is 4. The fourth-order valence-electron chi connectivity index (χ4n) is 3.58. The minimum atomic E-state index is 0.355. The zero-order valence-corrected chi connectivity index (χ0v) is 12.5. The summed E-state index contributed by atoms with van der Waals surface area (Å²) in [4.78, 5) is 7.16. The molecule has 2 fully saturated rings. The SMILES string of the molecule is CCC(NC)c1ccc(N2CCOC3CCCC32)cn1. The Morgan fingerprint density at radius 2 is 2.35 bits per heavy atom. The molecular formula is C16H25N3O. The van der Waals surface area contributed by atoms with E-state index >= 15 is 0 Å². The smallest absolute Gasteiger partial charge is 0.0779 e. The van der Waals surface area contributed by atoms with Gasteiger partial charge in [-0.25, -0.2) is 0 Å². The molecule has 4 nitrogen and oxygen atoms in total. The van der Waals surface area contributed by atoms with Crippen LogP contribution in [0.5, 0.6) is 0 Å². The summed E-state index contributed by atoms with van der Waals surface area (Å²) in [5, 5.41) is 3.31. The fourth-order valence-corrected chi connectivity index (χ4v) is 3.58. The van der Waals surface area contributed by atoms with Crippen molar-refractivity contribution in [3.05, 3.63) is 24.0 Å². The van der Waals surface area contributed by atoms with E-state index < -0.39 is 0 Å². The first kappa shape index (κ1) is 13.8. The number of fused-ring (bicyclic) bond motifs is 1. The monoisotopic (exact) mass is 275 g/mol. The van der Waals surface area contributed by atoms with Gasteiger partial charge in [0.05, 0.1) is 36.3 Å². The van der Waals surface area contributed by atoms with Gasteiger partial charge in [0, 0.05) is 12.6 Å². The molecule has 2 heterocycles. The molecule has 20 heavy (non-hydrogen) atoms. The Morgan fingerprint density at radius 3 is 3.05 bits per heavy atom. The summed E-state index contributed by atoms with van der Waals surface area (Å²) < 4.78 is 5.88. The molecule has 1 saturated carbocycles. The highest BCUT2D eigenvalue weighted by Gasteiger charge is 2.36. The third kappa shape index (κ3) is 2.54. The maximum atomic E-state index is 5.88. The number of aromatic nitrogens is 1. The zero-order chi connectivity index (χ0) is 13.9. The number of anilines is 1. The average Bonchev–Trinajstić information content (AvgIpc) is 2.98. The van der Waals surface area contributed by atoms with Crippen LogP contribution in [0.2, 0.25) is 0 Å². The van der Waals surface area contributed by atoms with Gasteiger partial charge in [-0.05, 0) is 44.9 Å². The van der Waals surface area contributed by atoms with Crippen molar-refractivity contribution in [3.63, 3.8) is 0 Å². The normalized spacial score (nSPS) is 27.4. The van der Waals surface area contributed by atoms with Gasteiger partial charge in [-0.2, -0.15) is 0 Å². The van der Waals surface area contributed by atoms with Crippen molar-refractivity contribution < 1.29 is 4.74 Å². The molecule has 1 aromatic heterocycles. The third-order valence-electron chi connectivity index (χ3n) is 4.70. The number of nitrogens with one attached hydrogen (secondary N) is 1. The van der Waals surface area contributed by atoms with E-state index in [4.69, 9.17) is 4.74 Å². The van der Waals surface area contributed by atoms with E-state index in [0.717, 1.165) is 25.3 Å². The molecule has 1 saturated heterocycles. The van der Waals surface area contributed by atoms with E-state index in [0.29, 0.717) is 18.2 Å². The molecule has 1 aliphatic carbocycles. The summed E-state index contributed by atoms with van der Waals surface area (Å²) in [6, 6.07) is 5.30. The van der Waals surface area contributed by atoms with Gasteiger partial charge < -0.3 is 15.0 Å². The van der Waals surface area contributed by atoms with Crippen LogP contribution in [0.25, 0.3) is 0 Å². The molecule has 110 valence electrons. The lowest BCUT2D eigenvalue weighted by molar-refractivity contribution is 0.0256. The molecule has 2 aliphatic rings. The van der Waals surface area contributed by atoms with Crippen molar-refractivity contribution in [2.75, 3.05) is 25.1 Å². The Morgan fingerprint density at radius 1 is 1.45 bits per heavy atom. The summed E-state index contributed by atoms with van der Waals surface area (Å²) in [7, 11) is 1.99. The molecule has 0 radical (unpaired) electrons. The van der Waals surface area contributed by atoms with E-state index in [1.54, 1.807) is 0 Å². The summed E-state index contributed by atoms with van der Waals surface area (Å²) >= 11 is 0. The molecule has 1 N–H and O–H groups in total. The highest BCUT2D eigenvalue weighted by Crippen LogP contribution is 2.33. The van der Waals surface area contributed by atoms with E-state index in [9.17, 15) is 0 Å². The van der Waals surface area contributed by atoms with Crippen LogP contribution in [0.1, 0.15) is 44.3 Å². The lowest BCUT2D eigenvalue weighted by Gasteiger charge is -2.39. The van der Waals surface area contributed by atoms with Gasteiger partial charge in [-0.1, -0.05) is 6.92 Å². The standard InChI is InChI=1S/C16H25N3O/c1-3-13(17-2)14-8-7-12(11-18-14)19-9-10-20-16-6-4-5-15(16)19/h7-8,11,13,15-17H,3-6,9-10H2,1-2H3. The molecule has 4 heteroatoms. The van der Waals surface area contributed by atoms with Crippen molar-refractivity contribution in [3.8, 4) is 0 Å². The lowest BCUT2D eigenvalue weighted by atomic mass is 10.1. The number of pyridine rings is 1. The van der Waals surface area contributed by atoms with Gasteiger partial charge in [0.15, 0.2) is 0 Å². The van der Waals surface area contributed by atoms with Crippen LogP contribution < -0.4 is 10.2 Å². The van der Waals surface area contributed by atoms with Crippen LogP contribution in [0.3, 0.4) is 0 Å². The quantitative estimate of drug-likeness (QED) is 0.916. The fraction of sp³-hybridized carbons (Fsp3) is 0.688. The Labute approximate surface area is 121 Å². The van der Waals surface area contributed by atoms with E-state index in [-0.39, 0.29) is 0 Å². The van der Waals surface area contributed by atoms with Crippen LogP contribution in [0, 0.1) is 0 Å². The molecule has 3 atom stereocenters. The molecule has 0 amide bonds. The van der Waals surface area contributed by atoms with Gasteiger partial charge in [0.25, 0.3) is 0 Å². The third-order valence-corrected chi connectivity index (χ3v) is 4.70. The highest BCUT2D eigenvalue weighted by atomic mass is 16.5. The second-order valence-corrected chi connectivity index (χ2v) is 5.79. The van der Waals surface area contributed by atoms with Crippen LogP contribution >= 0.6 is 0 Å². The number of hydrogen-bond donors (Lipinski definition) is 1. The van der Waals surface area contributed by atoms with Crippen molar-refractivity contribution >= 4 is 5.69 Å². The minimum Gasteiger partial charge on any atom is -0.374 e. The predicted molar refractivity (Wildman–Crippen MR) is 81.1 cm³/mol. The first-order valence-electron chi connectivity index (χ1n) is 7.85. The Balaban J connectivity index is 1.76. The zero-order valence-electron chi connectivity index (χ0n) is 12.5. The van der Waals surface area contributed by atoms with Crippen molar-refractivity contribution in [1.29, 1.82) is 0 Å². The summed E-state index contributed by atoms with van der Waals surface area (Å²) in [6.07, 6.45) is 7.28. The maximum absolute atomic E-state index is 5.88. The van der Waals surface area contributed by atoms with E-state index in [1.807, 2.05) is 13.2 Å². The van der Waals surface area contributed by atoms with E-state index in [2.05, 4.69) is 34.3 Å². The second-order valence-electron chi connectivity index (χ2n) is 5.79. The van der Waals surface area contributed by atoms with Gasteiger partial charge in [0.1, 0.15) is 0 Å². The molecular weight excluding hydrogens is 250 g/mol. The van der Waals surface area contributed by atoms with Crippen LogP contribution in [-0.4, -0.2) is 37.3 Å². The van der Waals surface area contributed by atoms with Crippen molar-refractivity contribution in [1.82, 2.24) is 10.3 Å². The molecule has 1 aliphatic heterocycles. The molecule has 0 bridgehead atoms. The average molecular weight is 275 g/mol. The van der Waals surface area contributed by atoms with Gasteiger partial charge in [-0.15, -0.1) is 0 Å². The molecule has 0 spiro atoms. The number of morpholine rings is 1. The first-order chi connectivity index (χ1) is 9.83. The number of nitrogens with zero attached hydrogens (tertiary/aromatic N) is 2. The summed E-state index contributed by atoms with van der Waals surface area (Å²) in [6.45, 7) is 4.02. The molecule has 3 rings (SSSR count). The minimum absolute atomic E-state index is 0.355. The highest BCUT2D eigenvalue weighted by molar-refractivity contribution is 5.47. The molecule has 1 aromatic rings. The van der Waals surface area contributed by atoms with E-state index in [1.165, 1.54) is 24.9 Å². The van der Waals surface area contributed by atoms with Crippen molar-refractivity contribution in [2.45, 2.75) is 50.8 Å². The predicted octanol–water partition coefficient (Wildman–Crippen LogP) is 2.51. The summed E-state index contributed by atoms with van der Waals surface area (Å²) in [5.74, 6) is 0. The maximum Gasteiger partial charge on any atom is 0.0779 e. The van der Waals surface area contributed by atoms with Crippen LogP contribution in [-0.2, 0) is 4.74 Å². The van der Waals surface area contributed by atoms with Crippen molar-refractivity contribution in [2.24, 2.45) is 0 Å². The first-order valence-corrected chi connectivity index (χ1v) is 7.85. The van der Waals surface area contributed by atoms with Gasteiger partial charge >= 0.3 is 0 Å². The topological polar surface area (TPSA) is 37.4 Å². The summed E-state index contributed by atoms with van der Waals surface area (Å²) in [5.41, 5.74) is 2.38. The van der Waals surface area contributed by atoms with Crippen LogP contribution in [0.4, 0.5) is 5.69 Å². The number of hydrogen-bond acceptors (Lipinski definition) is 4. The molecule has 0 aromatic carbocycles. The largest absolute Gasteiger partial charge is 0.374 e.